The van der Waals surface area contributed by atoms with E-state index in [0.717, 1.165) is 51.5 Å². The van der Waals surface area contributed by atoms with Crippen molar-refractivity contribution in [2.45, 2.75) is 25.8 Å². The Morgan fingerprint density at radius 1 is 1.35 bits per heavy atom. The van der Waals surface area contributed by atoms with Gasteiger partial charge in [0.1, 0.15) is 5.75 Å². The van der Waals surface area contributed by atoms with Crippen molar-refractivity contribution < 1.29 is 9.47 Å². The number of morpholine rings is 1. The molecule has 0 amide bonds. The van der Waals surface area contributed by atoms with Crippen LogP contribution in [0.25, 0.3) is 0 Å². The highest BCUT2D eigenvalue weighted by Gasteiger charge is 2.21. The molecule has 20 heavy (non-hydrogen) atoms. The van der Waals surface area contributed by atoms with Crippen LogP contribution in [0.4, 0.5) is 0 Å². The lowest BCUT2D eigenvalue weighted by Crippen LogP contribution is -2.41. The summed E-state index contributed by atoms with van der Waals surface area (Å²) in [6.07, 6.45) is 2.24. The normalized spacial score (nSPS) is 17.9. The van der Waals surface area contributed by atoms with Gasteiger partial charge < -0.3 is 15.2 Å². The number of rotatable bonds is 7. The maximum Gasteiger partial charge on any atom is 0.119 e. The lowest BCUT2D eigenvalue weighted by molar-refractivity contribution is 0.0178. The monoisotopic (exact) mass is 278 g/mol. The van der Waals surface area contributed by atoms with Crippen molar-refractivity contribution >= 4 is 0 Å². The average molecular weight is 278 g/mol. The number of nitrogens with two attached hydrogens (primary N) is 1. The molecule has 0 aromatic heterocycles. The molecule has 1 saturated heterocycles. The molecular weight excluding hydrogens is 252 g/mol. The van der Waals surface area contributed by atoms with E-state index in [2.05, 4.69) is 30.0 Å². The molecular formula is C16H26N2O2. The van der Waals surface area contributed by atoms with Gasteiger partial charge in [-0.3, -0.25) is 4.90 Å². The highest BCUT2D eigenvalue weighted by molar-refractivity contribution is 5.31. The molecule has 1 aliphatic rings. The molecule has 112 valence electrons. The number of nitrogens with zero attached hydrogens (tertiary/aromatic N) is 1. The van der Waals surface area contributed by atoms with Gasteiger partial charge in [-0.25, -0.2) is 0 Å². The van der Waals surface area contributed by atoms with E-state index in [4.69, 9.17) is 15.2 Å². The summed E-state index contributed by atoms with van der Waals surface area (Å²) in [7, 11) is 0. The number of benzene rings is 1. The number of hydrogen-bond acceptors (Lipinski definition) is 4. The maximum atomic E-state index is 5.98. The Kier molecular flexibility index (Phi) is 6.30. The lowest BCUT2D eigenvalue weighted by Gasteiger charge is -2.34. The third-order valence-electron chi connectivity index (χ3n) is 3.72. The first kappa shape index (κ1) is 15.3. The van der Waals surface area contributed by atoms with Crippen molar-refractivity contribution in [3.05, 3.63) is 29.8 Å². The minimum absolute atomic E-state index is 0.258. The zero-order chi connectivity index (χ0) is 14.2. The lowest BCUT2D eigenvalue weighted by atomic mass is 10.0. The van der Waals surface area contributed by atoms with Gasteiger partial charge in [0.2, 0.25) is 0 Å². The minimum atomic E-state index is 0.258. The standard InChI is InChI=1S/C16H26N2O2/c1-2-3-9-20-15-6-4-5-14(12-15)16(13-17)18-7-10-19-11-8-18/h4-6,12,16H,2-3,7-11,13,17H2,1H3. The molecule has 0 saturated carbocycles. The minimum Gasteiger partial charge on any atom is -0.494 e. The van der Waals surface area contributed by atoms with Crippen LogP contribution in [0.3, 0.4) is 0 Å². The second-order valence-electron chi connectivity index (χ2n) is 5.17. The summed E-state index contributed by atoms with van der Waals surface area (Å²) < 4.78 is 11.2. The van der Waals surface area contributed by atoms with Crippen LogP contribution in [0.2, 0.25) is 0 Å². The maximum absolute atomic E-state index is 5.98. The first-order valence-corrected chi connectivity index (χ1v) is 7.59. The van der Waals surface area contributed by atoms with Crippen LogP contribution >= 0.6 is 0 Å². The molecule has 0 aliphatic carbocycles. The van der Waals surface area contributed by atoms with Gasteiger partial charge in [0, 0.05) is 25.7 Å². The largest absolute Gasteiger partial charge is 0.494 e. The van der Waals surface area contributed by atoms with Crippen LogP contribution in [0, 0.1) is 0 Å². The summed E-state index contributed by atoms with van der Waals surface area (Å²) in [5.74, 6) is 0.947. The predicted octanol–water partition coefficient (Wildman–Crippen LogP) is 2.20. The SMILES string of the molecule is CCCCOc1cccc(C(CN)N2CCOCC2)c1. The highest BCUT2D eigenvalue weighted by Crippen LogP contribution is 2.24. The van der Waals surface area contributed by atoms with E-state index >= 15 is 0 Å². The van der Waals surface area contributed by atoms with Crippen molar-refractivity contribution in [3.63, 3.8) is 0 Å². The average Bonchev–Trinajstić information content (AvgIpc) is 2.50. The van der Waals surface area contributed by atoms with E-state index in [9.17, 15) is 0 Å². The van der Waals surface area contributed by atoms with Crippen molar-refractivity contribution in [1.82, 2.24) is 4.90 Å². The second-order valence-corrected chi connectivity index (χ2v) is 5.17. The first-order chi connectivity index (χ1) is 9.85. The Labute approximate surface area is 121 Å². The first-order valence-electron chi connectivity index (χ1n) is 7.59. The van der Waals surface area contributed by atoms with Gasteiger partial charge in [0.05, 0.1) is 19.8 Å². The van der Waals surface area contributed by atoms with E-state index in [1.54, 1.807) is 0 Å². The van der Waals surface area contributed by atoms with E-state index in [1.807, 2.05) is 6.07 Å². The molecule has 4 heteroatoms. The van der Waals surface area contributed by atoms with Gasteiger partial charge in [-0.15, -0.1) is 0 Å². The Hall–Kier alpha value is -1.10. The van der Waals surface area contributed by atoms with Crippen molar-refractivity contribution in [2.75, 3.05) is 39.5 Å². The van der Waals surface area contributed by atoms with Crippen LogP contribution in [-0.2, 0) is 4.74 Å². The smallest absolute Gasteiger partial charge is 0.119 e. The summed E-state index contributed by atoms with van der Waals surface area (Å²) >= 11 is 0. The summed E-state index contributed by atoms with van der Waals surface area (Å²) in [5, 5.41) is 0. The molecule has 4 nitrogen and oxygen atoms in total. The van der Waals surface area contributed by atoms with Gasteiger partial charge in [0.15, 0.2) is 0 Å². The fourth-order valence-electron chi connectivity index (χ4n) is 2.53. The van der Waals surface area contributed by atoms with E-state index in [-0.39, 0.29) is 6.04 Å². The summed E-state index contributed by atoms with van der Waals surface area (Å²) in [6.45, 7) is 7.06. The molecule has 2 rings (SSSR count). The van der Waals surface area contributed by atoms with Crippen LogP contribution in [0.15, 0.2) is 24.3 Å². The zero-order valence-electron chi connectivity index (χ0n) is 12.4. The molecule has 1 aliphatic heterocycles. The van der Waals surface area contributed by atoms with Crippen LogP contribution in [0.1, 0.15) is 31.4 Å². The highest BCUT2D eigenvalue weighted by atomic mass is 16.5. The van der Waals surface area contributed by atoms with Crippen molar-refractivity contribution in [3.8, 4) is 5.75 Å². The number of ether oxygens (including phenoxy) is 2. The summed E-state index contributed by atoms with van der Waals surface area (Å²) in [6, 6.07) is 8.60. The van der Waals surface area contributed by atoms with Crippen molar-refractivity contribution in [1.29, 1.82) is 0 Å². The van der Waals surface area contributed by atoms with Gasteiger partial charge in [-0.05, 0) is 24.1 Å². The van der Waals surface area contributed by atoms with Gasteiger partial charge in [0.25, 0.3) is 0 Å². The molecule has 0 radical (unpaired) electrons. The Morgan fingerprint density at radius 2 is 2.15 bits per heavy atom. The molecule has 2 N–H and O–H groups in total. The van der Waals surface area contributed by atoms with Crippen LogP contribution < -0.4 is 10.5 Å². The zero-order valence-corrected chi connectivity index (χ0v) is 12.4. The Bertz CT molecular complexity index is 392. The topological polar surface area (TPSA) is 47.7 Å². The molecule has 0 bridgehead atoms. The van der Waals surface area contributed by atoms with E-state index < -0.39 is 0 Å². The van der Waals surface area contributed by atoms with Gasteiger partial charge in [-0.1, -0.05) is 25.5 Å². The molecule has 1 atom stereocenters. The Balaban J connectivity index is 2.02. The van der Waals surface area contributed by atoms with Crippen LogP contribution in [0.5, 0.6) is 5.75 Å². The predicted molar refractivity (Wildman–Crippen MR) is 81.0 cm³/mol. The molecule has 1 aromatic carbocycles. The van der Waals surface area contributed by atoms with Crippen LogP contribution in [-0.4, -0.2) is 44.4 Å². The number of unbranched alkanes of at least 4 members (excludes halogenated alkanes) is 1. The third-order valence-corrected chi connectivity index (χ3v) is 3.72. The molecule has 1 unspecified atom stereocenters. The third kappa shape index (κ3) is 4.20. The van der Waals surface area contributed by atoms with E-state index in [1.165, 1.54) is 5.56 Å². The number of hydrogen-bond donors (Lipinski definition) is 1. The van der Waals surface area contributed by atoms with Gasteiger partial charge in [-0.2, -0.15) is 0 Å². The second kappa shape index (κ2) is 8.25. The quantitative estimate of drug-likeness (QED) is 0.777. The van der Waals surface area contributed by atoms with Gasteiger partial charge >= 0.3 is 0 Å². The fraction of sp³-hybridized carbons (Fsp3) is 0.625. The molecule has 1 fully saturated rings. The Morgan fingerprint density at radius 3 is 2.85 bits per heavy atom. The van der Waals surface area contributed by atoms with E-state index in [0.29, 0.717) is 6.54 Å². The molecule has 1 heterocycles. The summed E-state index contributed by atoms with van der Waals surface area (Å²) in [4.78, 5) is 2.40. The molecule has 1 aromatic rings. The molecule has 0 spiro atoms. The summed E-state index contributed by atoms with van der Waals surface area (Å²) in [5.41, 5.74) is 7.22. The van der Waals surface area contributed by atoms with Crippen molar-refractivity contribution in [2.24, 2.45) is 5.73 Å². The fourth-order valence-corrected chi connectivity index (χ4v) is 2.53.